The molecule has 0 aliphatic carbocycles. The first-order valence-electron chi connectivity index (χ1n) is 10.5. The fraction of sp³-hybridized carbons (Fsp3) is 0.714. The summed E-state index contributed by atoms with van der Waals surface area (Å²) in [6.45, 7) is 4.92. The van der Waals surface area contributed by atoms with Crippen LogP contribution in [-0.2, 0) is 61.9 Å². The maximum Gasteiger partial charge on any atom is 0.366 e. The quantitative estimate of drug-likeness (QED) is 0.287. The van der Waals surface area contributed by atoms with Crippen LogP contribution in [0.1, 0.15) is 41.0 Å². The van der Waals surface area contributed by atoms with E-state index in [0.717, 1.165) is 41.9 Å². The van der Waals surface area contributed by atoms with Gasteiger partial charge in [0.25, 0.3) is 5.79 Å². The molecule has 0 aromatic carbocycles. The number of nitrogens with one attached hydrogen (secondary N) is 1. The second-order valence-electron chi connectivity index (χ2n) is 7.63. The van der Waals surface area contributed by atoms with Crippen molar-refractivity contribution in [2.75, 3.05) is 20.8 Å². The van der Waals surface area contributed by atoms with Gasteiger partial charge in [0, 0.05) is 41.7 Å². The number of esters is 5. The van der Waals surface area contributed by atoms with Gasteiger partial charge >= 0.3 is 29.8 Å². The summed E-state index contributed by atoms with van der Waals surface area (Å²) in [5, 5.41) is 2.54. The van der Waals surface area contributed by atoms with E-state index < -0.39 is 85.0 Å². The van der Waals surface area contributed by atoms with Gasteiger partial charge in [-0.2, -0.15) is 0 Å². The van der Waals surface area contributed by atoms with Gasteiger partial charge in [0.1, 0.15) is 18.8 Å². The summed E-state index contributed by atoms with van der Waals surface area (Å²) in [4.78, 5) is 71.8. The second-order valence-corrected chi connectivity index (χ2v) is 7.63. The summed E-state index contributed by atoms with van der Waals surface area (Å²) in [6, 6.07) is -1.23. The van der Waals surface area contributed by atoms with Crippen molar-refractivity contribution in [1.82, 2.24) is 5.32 Å². The summed E-state index contributed by atoms with van der Waals surface area (Å²) < 4.78 is 36.9. The van der Waals surface area contributed by atoms with Crippen LogP contribution in [-0.4, -0.2) is 92.8 Å². The molecular formula is C21H31NO13. The van der Waals surface area contributed by atoms with E-state index in [4.69, 9.17) is 33.2 Å². The first kappa shape index (κ1) is 29.8. The minimum atomic E-state index is -2.17. The highest BCUT2D eigenvalue weighted by Crippen LogP contribution is 2.36. The van der Waals surface area contributed by atoms with Crippen LogP contribution in [0.25, 0.3) is 0 Å². The highest BCUT2D eigenvalue weighted by Gasteiger charge is 2.58. The average Bonchev–Trinajstić information content (AvgIpc) is 2.74. The van der Waals surface area contributed by atoms with Crippen LogP contribution in [0.4, 0.5) is 0 Å². The molecule has 1 N–H and O–H groups in total. The average molecular weight is 505 g/mol. The summed E-state index contributed by atoms with van der Waals surface area (Å²) >= 11 is 0. The topological polar surface area (TPSA) is 179 Å². The van der Waals surface area contributed by atoms with E-state index in [1.54, 1.807) is 0 Å². The van der Waals surface area contributed by atoms with Crippen LogP contribution in [0, 0.1) is 0 Å². The van der Waals surface area contributed by atoms with Gasteiger partial charge in [-0.15, -0.1) is 0 Å². The first-order chi connectivity index (χ1) is 16.3. The largest absolute Gasteiger partial charge is 0.465 e. The third-order valence-corrected chi connectivity index (χ3v) is 4.82. The third-order valence-electron chi connectivity index (χ3n) is 4.82. The number of carbonyl (C=O) groups excluding carboxylic acids is 6. The molecule has 0 radical (unpaired) electrons. The molecule has 1 unspecified atom stereocenters. The molecule has 0 spiro atoms. The van der Waals surface area contributed by atoms with Gasteiger partial charge in [0.05, 0.1) is 19.6 Å². The Labute approximate surface area is 201 Å². The Hall–Kier alpha value is -3.26. The van der Waals surface area contributed by atoms with Crippen LogP contribution in [0.2, 0.25) is 0 Å². The number of ether oxygens (including phenoxy) is 7. The summed E-state index contributed by atoms with van der Waals surface area (Å²) in [5.41, 5.74) is 0. The van der Waals surface area contributed by atoms with Gasteiger partial charge < -0.3 is 38.5 Å². The fourth-order valence-corrected chi connectivity index (χ4v) is 3.61. The predicted octanol–water partition coefficient (Wildman–Crippen LogP) is -0.846. The Morgan fingerprint density at radius 1 is 0.914 bits per heavy atom. The molecule has 1 saturated heterocycles. The summed E-state index contributed by atoms with van der Waals surface area (Å²) in [7, 11) is 2.19. The highest BCUT2D eigenvalue weighted by molar-refractivity contribution is 5.79. The van der Waals surface area contributed by atoms with Gasteiger partial charge in [-0.25, -0.2) is 4.79 Å². The fourth-order valence-electron chi connectivity index (χ4n) is 3.61. The molecule has 198 valence electrons. The van der Waals surface area contributed by atoms with E-state index in [9.17, 15) is 28.8 Å². The molecule has 0 aromatic heterocycles. The standard InChI is InChI=1S/C21H31NO13/c1-10(23)22-17-15(32-12(3)25)8-21(30-7,20(28)29-6)35-19(17)18(34-14(5)27)16(33-13(4)26)9-31-11(2)24/h15-19H,8-9H2,1-7H3,(H,22,23)/t15-,16-,17-,18-,19?,21+/m1/s1. The monoisotopic (exact) mass is 505 g/mol. The minimum absolute atomic E-state index is 0.411. The molecule has 0 aromatic rings. The second kappa shape index (κ2) is 13.0. The van der Waals surface area contributed by atoms with Gasteiger partial charge in [0.15, 0.2) is 12.2 Å². The van der Waals surface area contributed by atoms with E-state index in [1.807, 2.05) is 0 Å². The SMILES string of the molecule is COC(=O)[C@]1(OC)C[C@@H](OC(C)=O)[C@@H](NC(C)=O)C([C@H](OC(C)=O)[C@@H](COC(C)=O)OC(C)=O)O1. The molecule has 1 rings (SSSR count). The number of rotatable bonds is 10. The molecule has 1 heterocycles. The number of carbonyl (C=O) groups is 6. The maximum absolute atomic E-state index is 12.7. The smallest absolute Gasteiger partial charge is 0.366 e. The molecule has 0 saturated carbocycles. The van der Waals surface area contributed by atoms with E-state index in [1.165, 1.54) is 6.92 Å². The van der Waals surface area contributed by atoms with Gasteiger partial charge in [-0.05, 0) is 0 Å². The number of methoxy groups -OCH3 is 2. The van der Waals surface area contributed by atoms with Crippen molar-refractivity contribution in [2.24, 2.45) is 0 Å². The maximum atomic E-state index is 12.7. The molecule has 6 atom stereocenters. The summed E-state index contributed by atoms with van der Waals surface area (Å²) in [6.07, 6.45) is -6.22. The Balaban J connectivity index is 3.72. The van der Waals surface area contributed by atoms with Gasteiger partial charge in [-0.3, -0.25) is 24.0 Å². The van der Waals surface area contributed by atoms with Crippen molar-refractivity contribution in [3.05, 3.63) is 0 Å². The van der Waals surface area contributed by atoms with Crippen molar-refractivity contribution in [3.63, 3.8) is 0 Å². The van der Waals surface area contributed by atoms with E-state index in [0.29, 0.717) is 0 Å². The molecule has 14 heteroatoms. The number of hydrogen-bond donors (Lipinski definition) is 1. The molecule has 0 bridgehead atoms. The lowest BCUT2D eigenvalue weighted by molar-refractivity contribution is -0.307. The summed E-state index contributed by atoms with van der Waals surface area (Å²) in [5.74, 6) is -6.96. The third kappa shape index (κ3) is 8.47. The lowest BCUT2D eigenvalue weighted by atomic mass is 9.88. The highest BCUT2D eigenvalue weighted by atomic mass is 16.7. The molecule has 1 aliphatic heterocycles. The Kier molecular flexibility index (Phi) is 11.1. The molecule has 1 aliphatic rings. The van der Waals surface area contributed by atoms with Crippen LogP contribution in [0.15, 0.2) is 0 Å². The lowest BCUT2D eigenvalue weighted by Gasteiger charge is -2.48. The minimum Gasteiger partial charge on any atom is -0.465 e. The van der Waals surface area contributed by atoms with Crippen molar-refractivity contribution >= 4 is 35.8 Å². The molecule has 35 heavy (non-hydrogen) atoms. The lowest BCUT2D eigenvalue weighted by Crippen LogP contribution is -2.69. The molecule has 14 nitrogen and oxygen atoms in total. The van der Waals surface area contributed by atoms with Gasteiger partial charge in [-0.1, -0.05) is 0 Å². The molecule has 1 amide bonds. The zero-order valence-electron chi connectivity index (χ0n) is 20.6. The first-order valence-corrected chi connectivity index (χ1v) is 10.5. The van der Waals surface area contributed by atoms with Crippen LogP contribution < -0.4 is 5.32 Å². The van der Waals surface area contributed by atoms with E-state index in [2.05, 4.69) is 5.32 Å². The van der Waals surface area contributed by atoms with E-state index >= 15 is 0 Å². The Bertz CT molecular complexity index is 828. The van der Waals surface area contributed by atoms with Crippen molar-refractivity contribution in [2.45, 2.75) is 77.3 Å². The zero-order valence-corrected chi connectivity index (χ0v) is 20.6. The van der Waals surface area contributed by atoms with Gasteiger partial charge in [0.2, 0.25) is 5.91 Å². The van der Waals surface area contributed by atoms with Crippen molar-refractivity contribution in [1.29, 1.82) is 0 Å². The Morgan fingerprint density at radius 2 is 1.51 bits per heavy atom. The molecular weight excluding hydrogens is 474 g/mol. The predicted molar refractivity (Wildman–Crippen MR) is 112 cm³/mol. The zero-order chi connectivity index (χ0) is 26.9. The van der Waals surface area contributed by atoms with Crippen LogP contribution in [0.3, 0.4) is 0 Å². The van der Waals surface area contributed by atoms with Crippen LogP contribution >= 0.6 is 0 Å². The Morgan fingerprint density at radius 3 is 1.94 bits per heavy atom. The molecule has 1 fully saturated rings. The number of hydrogen-bond acceptors (Lipinski definition) is 13. The normalized spacial score (nSPS) is 25.3. The van der Waals surface area contributed by atoms with Crippen molar-refractivity contribution < 1.29 is 61.9 Å². The van der Waals surface area contributed by atoms with Crippen LogP contribution in [0.5, 0.6) is 0 Å². The number of amides is 1. The van der Waals surface area contributed by atoms with E-state index in [-0.39, 0.29) is 0 Å². The van der Waals surface area contributed by atoms with Crippen molar-refractivity contribution in [3.8, 4) is 0 Å².